The summed E-state index contributed by atoms with van der Waals surface area (Å²) in [5.74, 6) is 1.41. The molecule has 0 spiro atoms. The van der Waals surface area contributed by atoms with E-state index in [0.29, 0.717) is 43.1 Å². The molecule has 2 aromatic rings. The predicted molar refractivity (Wildman–Crippen MR) is 79.5 cm³/mol. The summed E-state index contributed by atoms with van der Waals surface area (Å²) in [5, 5.41) is 9.64. The zero-order chi connectivity index (χ0) is 15.8. The maximum atomic E-state index is 12.6. The Bertz CT molecular complexity index is 754. The van der Waals surface area contributed by atoms with Gasteiger partial charge in [0.2, 0.25) is 5.75 Å². The lowest BCUT2D eigenvalue weighted by Crippen LogP contribution is -2.28. The van der Waals surface area contributed by atoms with Crippen LogP contribution in [0.1, 0.15) is 46.3 Å². The zero-order valence-electron chi connectivity index (χ0n) is 12.8. The third-order valence-electron chi connectivity index (χ3n) is 3.95. The van der Waals surface area contributed by atoms with Gasteiger partial charge in [0.1, 0.15) is 19.0 Å². The van der Waals surface area contributed by atoms with E-state index in [1.807, 2.05) is 6.92 Å². The molecular weight excluding hydrogens is 298 g/mol. The van der Waals surface area contributed by atoms with Crippen molar-refractivity contribution in [3.05, 3.63) is 29.0 Å². The number of nitrogens with zero attached hydrogens (tertiary/aromatic N) is 3. The number of hydrogen-bond acceptors (Lipinski definition) is 6. The van der Waals surface area contributed by atoms with Crippen molar-refractivity contribution in [2.45, 2.75) is 32.2 Å². The quantitative estimate of drug-likeness (QED) is 0.875. The number of aryl methyl sites for hydroxylation is 1. The predicted octanol–water partition coefficient (Wildman–Crippen LogP) is 1.09. The highest BCUT2D eigenvalue weighted by Crippen LogP contribution is 2.41. The molecule has 0 aromatic carbocycles. The van der Waals surface area contributed by atoms with Gasteiger partial charge in [-0.25, -0.2) is 4.98 Å². The molecule has 1 amide bonds. The highest BCUT2D eigenvalue weighted by Gasteiger charge is 2.32. The van der Waals surface area contributed by atoms with E-state index in [9.17, 15) is 4.79 Å². The fourth-order valence-electron chi connectivity index (χ4n) is 2.45. The normalized spacial score (nSPS) is 16.2. The van der Waals surface area contributed by atoms with Gasteiger partial charge >= 0.3 is 0 Å². The Morgan fingerprint density at radius 3 is 2.91 bits per heavy atom. The van der Waals surface area contributed by atoms with Crippen LogP contribution in [0.2, 0.25) is 0 Å². The number of aromatic amines is 1. The minimum atomic E-state index is -0.295. The van der Waals surface area contributed by atoms with E-state index in [2.05, 4.69) is 25.5 Å². The Kier molecular flexibility index (Phi) is 3.36. The molecular formula is C15H17N5O3. The lowest BCUT2D eigenvalue weighted by molar-refractivity contribution is 0.0930. The van der Waals surface area contributed by atoms with Crippen LogP contribution >= 0.6 is 0 Å². The Balaban J connectivity index is 1.60. The topological polar surface area (TPSA) is 102 Å². The summed E-state index contributed by atoms with van der Waals surface area (Å²) in [4.78, 5) is 21.4. The summed E-state index contributed by atoms with van der Waals surface area (Å²) < 4.78 is 11.1. The monoisotopic (exact) mass is 315 g/mol. The molecule has 8 nitrogen and oxygen atoms in total. The number of carbonyl (C=O) groups excluding carboxylic acids is 1. The third kappa shape index (κ3) is 2.71. The fraction of sp³-hybridized carbons (Fsp3) is 0.467. The van der Waals surface area contributed by atoms with Crippen molar-refractivity contribution in [1.82, 2.24) is 25.5 Å². The first-order chi connectivity index (χ1) is 11.2. The first-order valence-corrected chi connectivity index (χ1v) is 7.67. The van der Waals surface area contributed by atoms with Crippen LogP contribution in [-0.2, 0) is 6.54 Å². The van der Waals surface area contributed by atoms with Crippen LogP contribution in [0.5, 0.6) is 11.6 Å². The van der Waals surface area contributed by atoms with Crippen molar-refractivity contribution in [2.24, 2.45) is 0 Å². The molecule has 120 valence electrons. The average molecular weight is 315 g/mol. The number of rotatable bonds is 4. The molecule has 1 saturated carbocycles. The van der Waals surface area contributed by atoms with Gasteiger partial charge in [-0.2, -0.15) is 10.1 Å². The SMILES string of the molecule is Cc1[nH]ncc1CNC(=O)c1nc(C2CC2)nc2c1OCCO2. The average Bonchev–Trinajstić information content (AvgIpc) is 3.34. The van der Waals surface area contributed by atoms with Crippen LogP contribution in [0.15, 0.2) is 6.20 Å². The van der Waals surface area contributed by atoms with Crippen molar-refractivity contribution in [3.63, 3.8) is 0 Å². The minimum absolute atomic E-state index is 0.248. The molecule has 0 atom stereocenters. The standard InChI is InChI=1S/C15H17N5O3/c1-8-10(7-17-20-8)6-16-14(21)11-12-15(23-5-4-22-12)19-13(18-11)9-2-3-9/h7,9H,2-6H2,1H3,(H,16,21)(H,17,20). The molecule has 1 aliphatic carbocycles. The lowest BCUT2D eigenvalue weighted by Gasteiger charge is -2.20. The van der Waals surface area contributed by atoms with E-state index < -0.39 is 0 Å². The molecule has 0 radical (unpaired) electrons. The lowest BCUT2D eigenvalue weighted by atomic mass is 10.2. The van der Waals surface area contributed by atoms with Crippen LogP contribution in [0, 0.1) is 6.92 Å². The molecule has 2 N–H and O–H groups in total. The summed E-state index contributed by atoms with van der Waals surface area (Å²) in [6.07, 6.45) is 3.80. The Labute approximate surface area is 132 Å². The maximum Gasteiger partial charge on any atom is 0.274 e. The summed E-state index contributed by atoms with van der Waals surface area (Å²) in [7, 11) is 0. The largest absolute Gasteiger partial charge is 0.483 e. The van der Waals surface area contributed by atoms with Crippen molar-refractivity contribution in [1.29, 1.82) is 0 Å². The number of H-pyrrole nitrogens is 1. The van der Waals surface area contributed by atoms with E-state index >= 15 is 0 Å². The van der Waals surface area contributed by atoms with Gasteiger partial charge in [-0.1, -0.05) is 0 Å². The molecule has 0 bridgehead atoms. The van der Waals surface area contributed by atoms with Gasteiger partial charge in [0.25, 0.3) is 11.8 Å². The molecule has 23 heavy (non-hydrogen) atoms. The molecule has 2 aromatic heterocycles. The molecule has 3 heterocycles. The Hall–Kier alpha value is -2.64. The van der Waals surface area contributed by atoms with Gasteiger partial charge in [0.05, 0.1) is 6.20 Å². The van der Waals surface area contributed by atoms with Gasteiger partial charge < -0.3 is 14.8 Å². The summed E-state index contributed by atoms with van der Waals surface area (Å²) in [6, 6.07) is 0. The second-order valence-corrected chi connectivity index (χ2v) is 5.74. The molecule has 4 rings (SSSR count). The van der Waals surface area contributed by atoms with Crippen molar-refractivity contribution < 1.29 is 14.3 Å². The second-order valence-electron chi connectivity index (χ2n) is 5.74. The second kappa shape index (κ2) is 5.53. The van der Waals surface area contributed by atoms with Gasteiger partial charge in [0, 0.05) is 23.7 Å². The number of aromatic nitrogens is 4. The van der Waals surface area contributed by atoms with Gasteiger partial charge in [-0.3, -0.25) is 9.89 Å². The van der Waals surface area contributed by atoms with E-state index in [4.69, 9.17) is 9.47 Å². The van der Waals surface area contributed by atoms with E-state index in [0.717, 1.165) is 24.1 Å². The van der Waals surface area contributed by atoms with E-state index in [-0.39, 0.29) is 11.6 Å². The van der Waals surface area contributed by atoms with Crippen molar-refractivity contribution in [3.8, 4) is 11.6 Å². The van der Waals surface area contributed by atoms with Gasteiger partial charge in [-0.05, 0) is 19.8 Å². The van der Waals surface area contributed by atoms with Gasteiger partial charge in [0.15, 0.2) is 5.69 Å². The number of hydrogen-bond donors (Lipinski definition) is 2. The summed E-state index contributed by atoms with van der Waals surface area (Å²) in [5.41, 5.74) is 2.10. The van der Waals surface area contributed by atoms with E-state index in [1.54, 1.807) is 6.20 Å². The summed E-state index contributed by atoms with van der Waals surface area (Å²) in [6.45, 7) is 3.10. The smallest absolute Gasteiger partial charge is 0.274 e. The maximum absolute atomic E-state index is 12.6. The minimum Gasteiger partial charge on any atom is -0.483 e. The highest BCUT2D eigenvalue weighted by molar-refractivity contribution is 5.95. The van der Waals surface area contributed by atoms with Crippen molar-refractivity contribution >= 4 is 5.91 Å². The van der Waals surface area contributed by atoms with E-state index in [1.165, 1.54) is 0 Å². The van der Waals surface area contributed by atoms with Crippen LogP contribution < -0.4 is 14.8 Å². The summed E-state index contributed by atoms with van der Waals surface area (Å²) >= 11 is 0. The Morgan fingerprint density at radius 2 is 2.17 bits per heavy atom. The number of carbonyl (C=O) groups is 1. The van der Waals surface area contributed by atoms with Crippen LogP contribution in [-0.4, -0.2) is 39.3 Å². The number of nitrogens with one attached hydrogen (secondary N) is 2. The molecule has 1 fully saturated rings. The van der Waals surface area contributed by atoms with Crippen LogP contribution in [0.4, 0.5) is 0 Å². The molecule has 0 saturated heterocycles. The Morgan fingerprint density at radius 1 is 1.35 bits per heavy atom. The fourth-order valence-corrected chi connectivity index (χ4v) is 2.45. The number of fused-ring (bicyclic) bond motifs is 1. The highest BCUT2D eigenvalue weighted by atomic mass is 16.6. The van der Waals surface area contributed by atoms with Crippen molar-refractivity contribution in [2.75, 3.05) is 13.2 Å². The number of ether oxygens (including phenoxy) is 2. The first-order valence-electron chi connectivity index (χ1n) is 7.67. The first kappa shape index (κ1) is 14.0. The molecule has 8 heteroatoms. The van der Waals surface area contributed by atoms with Crippen LogP contribution in [0.3, 0.4) is 0 Å². The van der Waals surface area contributed by atoms with Crippen LogP contribution in [0.25, 0.3) is 0 Å². The van der Waals surface area contributed by atoms with Gasteiger partial charge in [-0.15, -0.1) is 0 Å². The molecule has 0 unspecified atom stereocenters. The molecule has 2 aliphatic rings. The molecule has 1 aliphatic heterocycles. The third-order valence-corrected chi connectivity index (χ3v) is 3.95. The number of amides is 1. The zero-order valence-corrected chi connectivity index (χ0v) is 12.8.